The quantitative estimate of drug-likeness (QED) is 0.660. The summed E-state index contributed by atoms with van der Waals surface area (Å²) in [5.74, 6) is 3.64. The fraction of sp³-hybridized carbons (Fsp3) is 0.333. The van der Waals surface area contributed by atoms with Gasteiger partial charge in [-0.25, -0.2) is 24.6 Å². The molecule has 9 heteroatoms. The van der Waals surface area contributed by atoms with E-state index in [-0.39, 0.29) is 11.6 Å². The maximum absolute atomic E-state index is 13.9. The first-order valence-electron chi connectivity index (χ1n) is 6.41. The summed E-state index contributed by atoms with van der Waals surface area (Å²) in [6, 6.07) is 0.796. The fourth-order valence-corrected chi connectivity index (χ4v) is 2.96. The Labute approximate surface area is 124 Å². The summed E-state index contributed by atoms with van der Waals surface area (Å²) in [5.41, 5.74) is 2.13. The highest BCUT2D eigenvalue weighted by molar-refractivity contribution is 7.13. The van der Waals surface area contributed by atoms with Crippen LogP contribution in [0, 0.1) is 11.6 Å². The summed E-state index contributed by atoms with van der Waals surface area (Å²) < 4.78 is 27.3. The van der Waals surface area contributed by atoms with Crippen LogP contribution in [-0.4, -0.2) is 36.1 Å². The average Bonchev–Trinajstić information content (AvgIpc) is 3.02. The Morgan fingerprint density at radius 2 is 1.86 bits per heavy atom. The molecule has 0 atom stereocenters. The number of rotatable bonds is 3. The molecule has 0 bridgehead atoms. The monoisotopic (exact) mass is 312 g/mol. The molecular formula is C12H14F2N6S. The summed E-state index contributed by atoms with van der Waals surface area (Å²) in [6.07, 6.45) is 1.76. The van der Waals surface area contributed by atoms with Gasteiger partial charge in [0.05, 0.1) is 0 Å². The van der Waals surface area contributed by atoms with Crippen molar-refractivity contribution in [1.29, 1.82) is 0 Å². The lowest BCUT2D eigenvalue weighted by atomic mass is 10.3. The number of thiazole rings is 1. The van der Waals surface area contributed by atoms with Gasteiger partial charge >= 0.3 is 0 Å². The summed E-state index contributed by atoms with van der Waals surface area (Å²) in [5, 5.41) is 2.87. The van der Waals surface area contributed by atoms with E-state index in [1.54, 1.807) is 22.4 Å². The first-order chi connectivity index (χ1) is 10.2. The van der Waals surface area contributed by atoms with Gasteiger partial charge < -0.3 is 15.2 Å². The van der Waals surface area contributed by atoms with E-state index in [9.17, 15) is 8.78 Å². The number of nitrogens with two attached hydrogens (primary N) is 1. The van der Waals surface area contributed by atoms with Crippen molar-refractivity contribution in [1.82, 2.24) is 9.97 Å². The number of anilines is 3. The molecule has 1 fully saturated rings. The molecule has 2 aromatic rings. The van der Waals surface area contributed by atoms with E-state index >= 15 is 0 Å². The van der Waals surface area contributed by atoms with E-state index < -0.39 is 11.6 Å². The Morgan fingerprint density at radius 3 is 2.48 bits per heavy atom. The van der Waals surface area contributed by atoms with Crippen molar-refractivity contribution >= 4 is 28.1 Å². The van der Waals surface area contributed by atoms with Crippen LogP contribution in [0.15, 0.2) is 17.6 Å². The molecule has 0 amide bonds. The van der Waals surface area contributed by atoms with Crippen molar-refractivity contribution in [2.24, 2.45) is 5.84 Å². The van der Waals surface area contributed by atoms with Gasteiger partial charge in [-0.1, -0.05) is 0 Å². The first-order valence-corrected chi connectivity index (χ1v) is 7.29. The van der Waals surface area contributed by atoms with Crippen molar-refractivity contribution in [2.75, 3.05) is 41.4 Å². The Morgan fingerprint density at radius 1 is 1.14 bits per heavy atom. The fourth-order valence-electron chi connectivity index (χ4n) is 2.26. The number of hydrogen-bond acceptors (Lipinski definition) is 7. The topological polar surface area (TPSA) is 70.3 Å². The lowest BCUT2D eigenvalue weighted by Crippen LogP contribution is -2.47. The van der Waals surface area contributed by atoms with E-state index in [0.29, 0.717) is 26.2 Å². The molecule has 6 nitrogen and oxygen atoms in total. The molecule has 2 aromatic heterocycles. The number of hydrazine groups is 1. The largest absolute Gasteiger partial charge is 0.351 e. The van der Waals surface area contributed by atoms with Gasteiger partial charge in [0.25, 0.3) is 0 Å². The number of halogens is 2. The number of nitrogen functional groups attached to an aromatic ring is 1. The SMILES string of the molecule is NNc1nc(N2CCN(c3nccs3)CC2)c(F)cc1F. The highest BCUT2D eigenvalue weighted by Crippen LogP contribution is 2.25. The average molecular weight is 312 g/mol. The number of nitrogens with zero attached hydrogens (tertiary/aromatic N) is 4. The zero-order chi connectivity index (χ0) is 14.8. The molecule has 0 unspecified atom stereocenters. The summed E-state index contributed by atoms with van der Waals surface area (Å²) in [7, 11) is 0. The van der Waals surface area contributed by atoms with Gasteiger partial charge in [-0.15, -0.1) is 11.3 Å². The van der Waals surface area contributed by atoms with Gasteiger partial charge in [-0.2, -0.15) is 0 Å². The molecule has 0 radical (unpaired) electrons. The minimum atomic E-state index is -0.805. The predicted molar refractivity (Wildman–Crippen MR) is 78.5 cm³/mol. The zero-order valence-electron chi connectivity index (χ0n) is 11.1. The van der Waals surface area contributed by atoms with Gasteiger partial charge in [0, 0.05) is 43.8 Å². The highest BCUT2D eigenvalue weighted by Gasteiger charge is 2.23. The first kappa shape index (κ1) is 14.0. The van der Waals surface area contributed by atoms with E-state index in [1.165, 1.54) is 0 Å². The van der Waals surface area contributed by atoms with Crippen LogP contribution in [0.1, 0.15) is 0 Å². The van der Waals surface area contributed by atoms with Crippen molar-refractivity contribution in [2.45, 2.75) is 0 Å². The van der Waals surface area contributed by atoms with Crippen LogP contribution in [0.4, 0.5) is 25.5 Å². The van der Waals surface area contributed by atoms with Crippen molar-refractivity contribution < 1.29 is 8.78 Å². The van der Waals surface area contributed by atoms with Crippen LogP contribution >= 0.6 is 11.3 Å². The van der Waals surface area contributed by atoms with Crippen LogP contribution in [-0.2, 0) is 0 Å². The number of aromatic nitrogens is 2. The third kappa shape index (κ3) is 2.74. The lowest BCUT2D eigenvalue weighted by Gasteiger charge is -2.35. The second-order valence-electron chi connectivity index (χ2n) is 4.56. The van der Waals surface area contributed by atoms with E-state index in [1.807, 2.05) is 5.38 Å². The second-order valence-corrected chi connectivity index (χ2v) is 5.43. The van der Waals surface area contributed by atoms with Crippen LogP contribution in [0.2, 0.25) is 0 Å². The summed E-state index contributed by atoms with van der Waals surface area (Å²) in [6.45, 7) is 2.58. The Bertz CT molecular complexity index is 612. The van der Waals surface area contributed by atoms with E-state index in [0.717, 1.165) is 11.2 Å². The molecule has 3 heterocycles. The minimum Gasteiger partial charge on any atom is -0.351 e. The molecule has 1 saturated heterocycles. The number of nitrogens with one attached hydrogen (secondary N) is 1. The minimum absolute atomic E-state index is 0.114. The summed E-state index contributed by atoms with van der Waals surface area (Å²) >= 11 is 1.57. The molecule has 1 aliphatic heterocycles. The van der Waals surface area contributed by atoms with Crippen LogP contribution in [0.3, 0.4) is 0 Å². The molecule has 0 saturated carbocycles. The third-order valence-electron chi connectivity index (χ3n) is 3.32. The number of hydrogen-bond donors (Lipinski definition) is 2. The molecule has 0 aromatic carbocycles. The van der Waals surface area contributed by atoms with Crippen LogP contribution in [0.5, 0.6) is 0 Å². The number of piperazine rings is 1. The lowest BCUT2D eigenvalue weighted by molar-refractivity contribution is 0.560. The van der Waals surface area contributed by atoms with Crippen LogP contribution < -0.4 is 21.1 Å². The molecular weight excluding hydrogens is 298 g/mol. The van der Waals surface area contributed by atoms with Crippen molar-refractivity contribution in [3.63, 3.8) is 0 Å². The maximum atomic E-state index is 13.9. The third-order valence-corrected chi connectivity index (χ3v) is 4.15. The van der Waals surface area contributed by atoms with Crippen LogP contribution in [0.25, 0.3) is 0 Å². The smallest absolute Gasteiger partial charge is 0.185 e. The van der Waals surface area contributed by atoms with Gasteiger partial charge in [0.2, 0.25) is 0 Å². The molecule has 0 aliphatic carbocycles. The molecule has 3 rings (SSSR count). The highest BCUT2D eigenvalue weighted by atomic mass is 32.1. The Kier molecular flexibility index (Phi) is 3.84. The summed E-state index contributed by atoms with van der Waals surface area (Å²) in [4.78, 5) is 12.1. The van der Waals surface area contributed by atoms with E-state index in [2.05, 4.69) is 20.3 Å². The number of pyridine rings is 1. The van der Waals surface area contributed by atoms with Gasteiger partial charge in [-0.3, -0.25) is 0 Å². The van der Waals surface area contributed by atoms with Crippen molar-refractivity contribution in [3.05, 3.63) is 29.3 Å². The standard InChI is InChI=1S/C12H14F2N6S/c13-8-7-9(14)11(17-10(8)18-15)19-2-4-20(5-3-19)12-16-1-6-21-12/h1,6-7H,2-5,15H2,(H,17,18). The molecule has 21 heavy (non-hydrogen) atoms. The normalized spacial score (nSPS) is 15.4. The Hall–Kier alpha value is -2.00. The zero-order valence-corrected chi connectivity index (χ0v) is 11.9. The van der Waals surface area contributed by atoms with Gasteiger partial charge in [-0.05, 0) is 0 Å². The molecule has 112 valence electrons. The van der Waals surface area contributed by atoms with Gasteiger partial charge in [0.15, 0.2) is 28.4 Å². The molecule has 0 spiro atoms. The van der Waals surface area contributed by atoms with Crippen molar-refractivity contribution in [3.8, 4) is 0 Å². The Balaban J connectivity index is 1.75. The van der Waals surface area contributed by atoms with Gasteiger partial charge in [0.1, 0.15) is 0 Å². The maximum Gasteiger partial charge on any atom is 0.185 e. The molecule has 1 aliphatic rings. The molecule has 3 N–H and O–H groups in total. The van der Waals surface area contributed by atoms with E-state index in [4.69, 9.17) is 5.84 Å². The second kappa shape index (κ2) is 5.78. The predicted octanol–water partition coefficient (Wildman–Crippen LogP) is 1.43.